The summed E-state index contributed by atoms with van der Waals surface area (Å²) < 4.78 is 27.8. The van der Waals surface area contributed by atoms with E-state index in [1.165, 1.54) is 44.6 Å². The van der Waals surface area contributed by atoms with Crippen molar-refractivity contribution in [2.75, 3.05) is 38.0 Å². The number of benzene rings is 1. The topological polar surface area (TPSA) is 69.7 Å². The fourth-order valence-electron chi connectivity index (χ4n) is 7.14. The van der Waals surface area contributed by atoms with Crippen molar-refractivity contribution in [2.24, 2.45) is 23.2 Å². The third-order valence-corrected chi connectivity index (χ3v) is 9.91. The minimum Gasteiger partial charge on any atom is -0.323 e. The molecule has 4 aliphatic carbocycles. The molecule has 0 spiro atoms. The van der Waals surface area contributed by atoms with Gasteiger partial charge in [-0.3, -0.25) is 4.79 Å². The molecule has 1 heterocycles. The zero-order valence-corrected chi connectivity index (χ0v) is 18.9. The Kier molecular flexibility index (Phi) is 5.47. The molecule has 1 amide bonds. The minimum atomic E-state index is -3.52. The second kappa shape index (κ2) is 8.01. The summed E-state index contributed by atoms with van der Waals surface area (Å²) in [6.07, 6.45) is 9.75. The van der Waals surface area contributed by atoms with E-state index >= 15 is 0 Å². The normalized spacial score (nSPS) is 33.4. The lowest BCUT2D eigenvalue weighted by molar-refractivity contribution is -0.111. The van der Waals surface area contributed by atoms with Crippen LogP contribution < -0.4 is 5.32 Å². The minimum absolute atomic E-state index is 0.277. The maximum Gasteiger partial charge on any atom is 0.247 e. The molecule has 31 heavy (non-hydrogen) atoms. The van der Waals surface area contributed by atoms with Crippen LogP contribution in [0.5, 0.6) is 0 Å². The van der Waals surface area contributed by atoms with E-state index in [0.717, 1.165) is 37.4 Å². The first-order valence-electron chi connectivity index (χ1n) is 11.6. The van der Waals surface area contributed by atoms with E-state index < -0.39 is 10.0 Å². The molecule has 1 saturated heterocycles. The number of piperazine rings is 1. The second-order valence-electron chi connectivity index (χ2n) is 10.3. The third-order valence-electron chi connectivity index (χ3n) is 8.00. The van der Waals surface area contributed by atoms with Crippen LogP contribution in [-0.2, 0) is 14.8 Å². The number of rotatable bonds is 6. The molecule has 1 aliphatic heterocycles. The van der Waals surface area contributed by atoms with E-state index in [4.69, 9.17) is 0 Å². The van der Waals surface area contributed by atoms with Crippen LogP contribution >= 0.6 is 0 Å². The number of amides is 1. The van der Waals surface area contributed by atoms with E-state index in [0.29, 0.717) is 24.2 Å². The average molecular weight is 444 g/mol. The molecule has 7 heteroatoms. The summed E-state index contributed by atoms with van der Waals surface area (Å²) >= 11 is 0. The molecular formula is C24H33N3O3S. The molecule has 0 atom stereocenters. The van der Waals surface area contributed by atoms with Gasteiger partial charge in [0.1, 0.15) is 0 Å². The highest BCUT2D eigenvalue weighted by Gasteiger charge is 2.51. The molecule has 168 valence electrons. The summed E-state index contributed by atoms with van der Waals surface area (Å²) in [6.45, 7) is 7.29. The Bertz CT molecular complexity index is 914. The number of carbonyl (C=O) groups excluding carboxylic acids is 1. The van der Waals surface area contributed by atoms with Crippen LogP contribution in [0.15, 0.2) is 41.8 Å². The second-order valence-corrected chi connectivity index (χ2v) is 12.3. The first-order chi connectivity index (χ1) is 14.8. The van der Waals surface area contributed by atoms with Gasteiger partial charge in [-0.1, -0.05) is 6.58 Å². The number of hydrogen-bond acceptors (Lipinski definition) is 4. The number of sulfonamides is 1. The van der Waals surface area contributed by atoms with E-state index in [1.807, 2.05) is 0 Å². The summed E-state index contributed by atoms with van der Waals surface area (Å²) in [5, 5.41) is 2.65. The fourth-order valence-corrected chi connectivity index (χ4v) is 8.56. The lowest BCUT2D eigenvalue weighted by Gasteiger charge is -2.58. The van der Waals surface area contributed by atoms with Gasteiger partial charge in [0.25, 0.3) is 0 Å². The van der Waals surface area contributed by atoms with E-state index in [9.17, 15) is 13.2 Å². The molecule has 5 fully saturated rings. The van der Waals surface area contributed by atoms with Crippen LogP contribution in [0.2, 0.25) is 0 Å². The molecule has 0 unspecified atom stereocenters. The molecule has 4 bridgehead atoms. The Balaban J connectivity index is 1.19. The number of nitrogens with zero attached hydrogens (tertiary/aromatic N) is 2. The van der Waals surface area contributed by atoms with Crippen LogP contribution in [0.3, 0.4) is 0 Å². The first kappa shape index (κ1) is 21.2. The van der Waals surface area contributed by atoms with Gasteiger partial charge >= 0.3 is 0 Å². The van der Waals surface area contributed by atoms with Gasteiger partial charge in [-0.05, 0) is 92.0 Å². The molecule has 0 radical (unpaired) electrons. The fraction of sp³-hybridized carbons (Fsp3) is 0.625. The van der Waals surface area contributed by atoms with Crippen LogP contribution in [0.1, 0.15) is 38.5 Å². The molecular weight excluding hydrogens is 410 g/mol. The lowest BCUT2D eigenvalue weighted by atomic mass is 9.49. The van der Waals surface area contributed by atoms with Gasteiger partial charge in [0, 0.05) is 38.4 Å². The molecule has 1 aromatic rings. The quantitative estimate of drug-likeness (QED) is 0.685. The largest absolute Gasteiger partial charge is 0.323 e. The van der Waals surface area contributed by atoms with Crippen LogP contribution in [0.4, 0.5) is 5.69 Å². The molecule has 0 aromatic heterocycles. The molecule has 6 rings (SSSR count). The Hall–Kier alpha value is -1.70. The Morgan fingerprint density at radius 2 is 1.55 bits per heavy atom. The lowest BCUT2D eigenvalue weighted by Crippen LogP contribution is -2.55. The first-order valence-corrected chi connectivity index (χ1v) is 13.1. The third kappa shape index (κ3) is 4.20. The Morgan fingerprint density at radius 3 is 2.06 bits per heavy atom. The van der Waals surface area contributed by atoms with Crippen molar-refractivity contribution in [2.45, 2.75) is 43.4 Å². The predicted molar refractivity (Wildman–Crippen MR) is 121 cm³/mol. The van der Waals surface area contributed by atoms with Gasteiger partial charge < -0.3 is 10.2 Å². The molecule has 1 N–H and O–H groups in total. The van der Waals surface area contributed by atoms with Gasteiger partial charge in [0.2, 0.25) is 15.9 Å². The number of carbonyl (C=O) groups is 1. The van der Waals surface area contributed by atoms with Crippen LogP contribution in [0, 0.1) is 23.2 Å². The monoisotopic (exact) mass is 443 g/mol. The predicted octanol–water partition coefficient (Wildman–Crippen LogP) is 3.33. The van der Waals surface area contributed by atoms with Crippen molar-refractivity contribution in [3.8, 4) is 0 Å². The summed E-state index contributed by atoms with van der Waals surface area (Å²) in [5.41, 5.74) is 1.06. The highest BCUT2D eigenvalue weighted by Crippen LogP contribution is 2.60. The Labute approximate surface area is 185 Å². The SMILES string of the molecule is C=CC(=O)Nc1ccc(S(=O)(=O)N2CCN(CC34CC5CC(CC(C5)C3)C4)CC2)cc1. The van der Waals surface area contributed by atoms with Crippen LogP contribution in [-0.4, -0.2) is 56.3 Å². The highest BCUT2D eigenvalue weighted by molar-refractivity contribution is 7.89. The zero-order valence-electron chi connectivity index (χ0n) is 18.1. The van der Waals surface area contributed by atoms with E-state index in [2.05, 4.69) is 16.8 Å². The van der Waals surface area contributed by atoms with Crippen molar-refractivity contribution >= 4 is 21.6 Å². The summed E-state index contributed by atoms with van der Waals surface area (Å²) in [7, 11) is -3.52. The molecule has 5 aliphatic rings. The van der Waals surface area contributed by atoms with Crippen molar-refractivity contribution in [3.05, 3.63) is 36.9 Å². The van der Waals surface area contributed by atoms with Gasteiger partial charge in [-0.15, -0.1) is 0 Å². The summed E-state index contributed by atoms with van der Waals surface area (Å²) in [6, 6.07) is 6.38. The van der Waals surface area contributed by atoms with Gasteiger partial charge in [0.05, 0.1) is 4.90 Å². The zero-order chi connectivity index (χ0) is 21.6. The molecule has 6 nitrogen and oxygen atoms in total. The average Bonchev–Trinajstić information content (AvgIpc) is 2.73. The molecule has 1 aromatic carbocycles. The summed E-state index contributed by atoms with van der Waals surface area (Å²) in [4.78, 5) is 14.2. The number of hydrogen-bond donors (Lipinski definition) is 1. The Morgan fingerprint density at radius 1 is 1.00 bits per heavy atom. The van der Waals surface area contributed by atoms with Gasteiger partial charge in [-0.25, -0.2) is 8.42 Å². The van der Waals surface area contributed by atoms with Crippen LogP contribution in [0.25, 0.3) is 0 Å². The van der Waals surface area contributed by atoms with E-state index in [1.54, 1.807) is 28.6 Å². The van der Waals surface area contributed by atoms with Crippen molar-refractivity contribution < 1.29 is 13.2 Å². The van der Waals surface area contributed by atoms with Crippen molar-refractivity contribution in [1.29, 1.82) is 0 Å². The molecule has 4 saturated carbocycles. The van der Waals surface area contributed by atoms with Gasteiger partial charge in [-0.2, -0.15) is 4.31 Å². The highest BCUT2D eigenvalue weighted by atomic mass is 32.2. The van der Waals surface area contributed by atoms with Gasteiger partial charge in [0.15, 0.2) is 0 Å². The van der Waals surface area contributed by atoms with Crippen molar-refractivity contribution in [3.63, 3.8) is 0 Å². The summed E-state index contributed by atoms with van der Waals surface area (Å²) in [5.74, 6) is 2.54. The number of nitrogens with one attached hydrogen (secondary N) is 1. The maximum atomic E-state index is 13.1. The smallest absolute Gasteiger partial charge is 0.247 e. The maximum absolute atomic E-state index is 13.1. The number of anilines is 1. The standard InChI is InChI=1S/C24H33N3O3S/c1-2-23(28)25-21-3-5-22(6-4-21)31(29,30)27-9-7-26(8-10-27)17-24-14-18-11-19(15-24)13-20(12-18)16-24/h2-6,18-20H,1,7-17H2,(H,25,28). The van der Waals surface area contributed by atoms with E-state index in [-0.39, 0.29) is 10.8 Å². The van der Waals surface area contributed by atoms with Crippen molar-refractivity contribution in [1.82, 2.24) is 9.21 Å².